The second kappa shape index (κ2) is 13.7. The van der Waals surface area contributed by atoms with Crippen LogP contribution in [0.15, 0.2) is 170 Å². The van der Waals surface area contributed by atoms with Crippen LogP contribution < -0.4 is 0 Å². The summed E-state index contributed by atoms with van der Waals surface area (Å²) in [5.74, 6) is -1.23. The number of amides is 1. The highest BCUT2D eigenvalue weighted by molar-refractivity contribution is 5.87. The Morgan fingerprint density at radius 1 is 0.673 bits per heavy atom. The molecule has 52 heavy (non-hydrogen) atoms. The van der Waals surface area contributed by atoms with E-state index in [-0.39, 0.29) is 18.9 Å². The minimum Gasteiger partial charge on any atom is -0.480 e. The fourth-order valence-electron chi connectivity index (χ4n) is 8.07. The van der Waals surface area contributed by atoms with Crippen LogP contribution in [0.4, 0.5) is 4.79 Å². The van der Waals surface area contributed by atoms with Gasteiger partial charge in [-0.25, -0.2) is 9.59 Å². The first-order chi connectivity index (χ1) is 25.5. The molecule has 6 aromatic carbocycles. The molecule has 0 bridgehead atoms. The summed E-state index contributed by atoms with van der Waals surface area (Å²) >= 11 is 0. The van der Waals surface area contributed by atoms with Gasteiger partial charge in [-0.05, 0) is 50.6 Å². The standard InChI is InChI=1S/C46H38N2O4/c1-47(45(51)52-31-41-39-26-13-11-24-37(39)38-25-12-14-27-40(38)41)43(44(49)50)29-32-30-48(42-28-16-15-23-36(32)42)46(33-17-5-2-6-18-33,34-19-7-3-8-20-34)35-21-9-4-10-22-35/h2-28,30,41,43H,29,31H2,1H3,(H,49,50). The topological polar surface area (TPSA) is 71.8 Å². The normalized spacial score (nSPS) is 12.9. The van der Waals surface area contributed by atoms with Gasteiger partial charge in [0, 0.05) is 36.5 Å². The first kappa shape index (κ1) is 32.8. The Morgan fingerprint density at radius 2 is 1.13 bits per heavy atom. The Morgan fingerprint density at radius 3 is 1.65 bits per heavy atom. The fourth-order valence-corrected chi connectivity index (χ4v) is 8.07. The van der Waals surface area contributed by atoms with Gasteiger partial charge in [0.2, 0.25) is 0 Å². The van der Waals surface area contributed by atoms with Crippen LogP contribution in [-0.4, -0.2) is 46.3 Å². The lowest BCUT2D eigenvalue weighted by atomic mass is 9.76. The number of hydrogen-bond acceptors (Lipinski definition) is 3. The largest absolute Gasteiger partial charge is 0.480 e. The van der Waals surface area contributed by atoms with Gasteiger partial charge in [0.05, 0.1) is 0 Å². The van der Waals surface area contributed by atoms with Crippen LogP contribution in [0, 0.1) is 0 Å². The Balaban J connectivity index is 1.17. The summed E-state index contributed by atoms with van der Waals surface area (Å²) in [7, 11) is 1.51. The zero-order valence-electron chi connectivity index (χ0n) is 28.8. The average Bonchev–Trinajstić information content (AvgIpc) is 3.73. The van der Waals surface area contributed by atoms with E-state index in [1.54, 1.807) is 0 Å². The number of likely N-dealkylation sites (N-methyl/N-ethyl adjacent to an activating group) is 1. The lowest BCUT2D eigenvalue weighted by Gasteiger charge is -2.38. The smallest absolute Gasteiger partial charge is 0.410 e. The number of fused-ring (bicyclic) bond motifs is 4. The minimum absolute atomic E-state index is 0.0813. The monoisotopic (exact) mass is 682 g/mol. The maximum atomic E-state index is 13.7. The van der Waals surface area contributed by atoms with Gasteiger partial charge in [0.25, 0.3) is 0 Å². The number of aromatic nitrogens is 1. The van der Waals surface area contributed by atoms with E-state index in [0.717, 1.165) is 55.4 Å². The van der Waals surface area contributed by atoms with Gasteiger partial charge in [-0.15, -0.1) is 0 Å². The number of carbonyl (C=O) groups excluding carboxylic acids is 1. The molecule has 1 amide bonds. The number of benzene rings is 6. The Bertz CT molecular complexity index is 2230. The number of carbonyl (C=O) groups is 2. The molecule has 0 fully saturated rings. The lowest BCUT2D eigenvalue weighted by molar-refractivity contribution is -0.142. The highest BCUT2D eigenvalue weighted by Gasteiger charge is 2.40. The number of para-hydroxylation sites is 1. The van der Waals surface area contributed by atoms with E-state index in [1.807, 2.05) is 97.1 Å². The molecule has 6 nitrogen and oxygen atoms in total. The number of ether oxygens (including phenoxy) is 1. The predicted octanol–water partition coefficient (Wildman–Crippen LogP) is 9.36. The third-order valence-corrected chi connectivity index (χ3v) is 10.5. The number of rotatable bonds is 10. The van der Waals surface area contributed by atoms with Crippen molar-refractivity contribution in [1.82, 2.24) is 9.47 Å². The maximum Gasteiger partial charge on any atom is 0.410 e. The molecule has 1 aliphatic carbocycles. The van der Waals surface area contributed by atoms with E-state index in [1.165, 1.54) is 11.9 Å². The second-order valence-electron chi connectivity index (χ2n) is 13.3. The van der Waals surface area contributed by atoms with Gasteiger partial charge in [-0.2, -0.15) is 0 Å². The number of carboxylic acids is 1. The summed E-state index contributed by atoms with van der Waals surface area (Å²) in [5, 5.41) is 11.5. The highest BCUT2D eigenvalue weighted by Crippen LogP contribution is 2.45. The molecule has 1 aromatic heterocycles. The fraction of sp³-hybridized carbons (Fsp3) is 0.130. The van der Waals surface area contributed by atoms with Crippen LogP contribution in [-0.2, 0) is 21.5 Å². The van der Waals surface area contributed by atoms with Crippen LogP contribution in [0.3, 0.4) is 0 Å². The summed E-state index contributed by atoms with van der Waals surface area (Å²) < 4.78 is 8.18. The summed E-state index contributed by atoms with van der Waals surface area (Å²) in [6.45, 7) is 0.108. The molecular formula is C46H38N2O4. The third-order valence-electron chi connectivity index (χ3n) is 10.5. The highest BCUT2D eigenvalue weighted by atomic mass is 16.6. The van der Waals surface area contributed by atoms with Gasteiger partial charge in [-0.3, -0.25) is 4.90 Å². The van der Waals surface area contributed by atoms with Crippen molar-refractivity contribution in [3.63, 3.8) is 0 Å². The van der Waals surface area contributed by atoms with Crippen molar-refractivity contribution >= 4 is 23.0 Å². The molecule has 6 heteroatoms. The van der Waals surface area contributed by atoms with Gasteiger partial charge >= 0.3 is 12.1 Å². The quantitative estimate of drug-likeness (QED) is 0.146. The minimum atomic E-state index is -1.17. The summed E-state index contributed by atoms with van der Waals surface area (Å²) in [6, 6.07) is 54.4. The molecular weight excluding hydrogens is 645 g/mol. The van der Waals surface area contributed by atoms with Gasteiger partial charge in [0.15, 0.2) is 0 Å². The first-order valence-electron chi connectivity index (χ1n) is 17.5. The van der Waals surface area contributed by atoms with Gasteiger partial charge in [0.1, 0.15) is 18.2 Å². The molecule has 0 radical (unpaired) electrons. The van der Waals surface area contributed by atoms with E-state index < -0.39 is 23.6 Å². The maximum absolute atomic E-state index is 13.7. The van der Waals surface area contributed by atoms with Crippen molar-refractivity contribution in [2.45, 2.75) is 23.9 Å². The van der Waals surface area contributed by atoms with Crippen molar-refractivity contribution in [2.24, 2.45) is 0 Å². The summed E-state index contributed by atoms with van der Waals surface area (Å²) in [5.41, 5.74) is 8.60. The van der Waals surface area contributed by atoms with Crippen LogP contribution in [0.1, 0.15) is 39.3 Å². The van der Waals surface area contributed by atoms with Crippen molar-refractivity contribution in [3.05, 3.63) is 203 Å². The van der Waals surface area contributed by atoms with E-state index in [9.17, 15) is 14.7 Å². The van der Waals surface area contributed by atoms with E-state index in [2.05, 4.69) is 77.5 Å². The van der Waals surface area contributed by atoms with Crippen LogP contribution in [0.2, 0.25) is 0 Å². The molecule has 8 rings (SSSR count). The number of nitrogens with zero attached hydrogens (tertiary/aromatic N) is 2. The molecule has 0 saturated heterocycles. The van der Waals surface area contributed by atoms with E-state index in [0.29, 0.717) is 0 Å². The molecule has 1 N–H and O–H groups in total. The number of carboxylic acid groups (broad SMARTS) is 1. The zero-order chi connectivity index (χ0) is 35.7. The summed E-state index contributed by atoms with van der Waals surface area (Å²) in [6.07, 6.45) is 1.47. The molecule has 0 spiro atoms. The number of aliphatic carboxylic acids is 1. The van der Waals surface area contributed by atoms with Crippen molar-refractivity contribution in [2.75, 3.05) is 13.7 Å². The van der Waals surface area contributed by atoms with Crippen LogP contribution >= 0.6 is 0 Å². The van der Waals surface area contributed by atoms with Gasteiger partial charge in [-0.1, -0.05) is 158 Å². The molecule has 0 saturated carbocycles. The molecule has 1 aliphatic rings. The lowest BCUT2D eigenvalue weighted by Crippen LogP contribution is -2.44. The summed E-state index contributed by atoms with van der Waals surface area (Å²) in [4.78, 5) is 27.9. The predicted molar refractivity (Wildman–Crippen MR) is 205 cm³/mol. The molecule has 0 aliphatic heterocycles. The Labute approximate surface area is 303 Å². The van der Waals surface area contributed by atoms with Crippen molar-refractivity contribution < 1.29 is 19.4 Å². The second-order valence-corrected chi connectivity index (χ2v) is 13.3. The zero-order valence-corrected chi connectivity index (χ0v) is 28.8. The Kier molecular flexibility index (Phi) is 8.65. The van der Waals surface area contributed by atoms with Gasteiger partial charge < -0.3 is 14.4 Å². The van der Waals surface area contributed by atoms with Crippen molar-refractivity contribution in [3.8, 4) is 11.1 Å². The number of hydrogen-bond donors (Lipinski definition) is 1. The third kappa shape index (κ3) is 5.53. The SMILES string of the molecule is CN(C(=O)OCC1c2ccccc2-c2ccccc21)C(Cc1cn(C(c2ccccc2)(c2ccccc2)c2ccccc2)c2ccccc12)C(=O)O. The Hall–Kier alpha value is -6.40. The molecule has 1 atom stereocenters. The first-order valence-corrected chi connectivity index (χ1v) is 17.5. The van der Waals surface area contributed by atoms with E-state index >= 15 is 0 Å². The van der Waals surface area contributed by atoms with E-state index in [4.69, 9.17) is 4.74 Å². The van der Waals surface area contributed by atoms with Crippen molar-refractivity contribution in [1.29, 1.82) is 0 Å². The molecule has 1 unspecified atom stereocenters. The molecule has 1 heterocycles. The van der Waals surface area contributed by atoms with Crippen LogP contribution in [0.5, 0.6) is 0 Å². The molecule has 7 aromatic rings. The van der Waals surface area contributed by atoms with Crippen LogP contribution in [0.25, 0.3) is 22.0 Å². The average molecular weight is 683 g/mol. The molecule has 256 valence electrons.